The molecule has 0 amide bonds. The van der Waals surface area contributed by atoms with Gasteiger partial charge in [-0.1, -0.05) is 0 Å². The highest BCUT2D eigenvalue weighted by atomic mass is 32.2. The van der Waals surface area contributed by atoms with Crippen LogP contribution < -0.4 is 15.8 Å². The average molecular weight is 428 g/mol. The zero-order chi connectivity index (χ0) is 21.3. The van der Waals surface area contributed by atoms with Crippen LogP contribution in [-0.2, 0) is 17.1 Å². The molecule has 1 aromatic carbocycles. The van der Waals surface area contributed by atoms with E-state index in [2.05, 4.69) is 20.0 Å². The Hall–Kier alpha value is -3.44. The fourth-order valence-electron chi connectivity index (χ4n) is 2.99. The zero-order valence-corrected chi connectivity index (χ0v) is 17.2. The van der Waals surface area contributed by atoms with E-state index < -0.39 is 15.8 Å². The Morgan fingerprint density at radius 1 is 1.10 bits per heavy atom. The Morgan fingerprint density at radius 3 is 2.63 bits per heavy atom. The number of rotatable bonds is 7. The van der Waals surface area contributed by atoms with Gasteiger partial charge < -0.3 is 14.3 Å². The molecule has 0 aliphatic rings. The Bertz CT molecular complexity index is 1360. The van der Waals surface area contributed by atoms with Crippen molar-refractivity contribution < 1.29 is 12.8 Å². The number of nitrogens with zero attached hydrogens (tertiary/aromatic N) is 4. The van der Waals surface area contributed by atoms with Gasteiger partial charge in [-0.25, -0.2) is 27.9 Å². The quantitative estimate of drug-likeness (QED) is 0.427. The van der Waals surface area contributed by atoms with E-state index >= 15 is 0 Å². The maximum atomic E-state index is 12.6. The average Bonchev–Trinajstić information content (AvgIpc) is 3.34. The molecule has 3 aromatic heterocycles. The normalized spacial score (nSPS) is 11.8. The summed E-state index contributed by atoms with van der Waals surface area (Å²) < 4.78 is 35.9. The lowest BCUT2D eigenvalue weighted by Gasteiger charge is -2.10. The Balaban J connectivity index is 1.42. The van der Waals surface area contributed by atoms with Crippen molar-refractivity contribution in [3.63, 3.8) is 0 Å². The van der Waals surface area contributed by atoms with Crippen molar-refractivity contribution in [1.29, 1.82) is 0 Å². The van der Waals surface area contributed by atoms with Crippen LogP contribution in [0.3, 0.4) is 0 Å². The van der Waals surface area contributed by atoms with Crippen LogP contribution in [0.5, 0.6) is 0 Å². The van der Waals surface area contributed by atoms with Gasteiger partial charge in [0.05, 0.1) is 10.4 Å². The van der Waals surface area contributed by atoms with Crippen LogP contribution in [0.4, 0.5) is 5.82 Å². The molecule has 0 bridgehead atoms. The molecule has 0 aliphatic carbocycles. The monoisotopic (exact) mass is 428 g/mol. The van der Waals surface area contributed by atoms with Crippen LogP contribution >= 0.6 is 0 Å². The molecule has 0 saturated carbocycles. The van der Waals surface area contributed by atoms with E-state index in [0.29, 0.717) is 29.3 Å². The number of hydrogen-bond donors (Lipinski definition) is 2. The Labute approximate surface area is 172 Å². The molecule has 0 unspecified atom stereocenters. The number of aryl methyl sites for hydroxylation is 2. The number of sulfonamides is 1. The van der Waals surface area contributed by atoms with Gasteiger partial charge in [0.25, 0.3) is 0 Å². The lowest BCUT2D eigenvalue weighted by atomic mass is 10.3. The molecule has 0 aliphatic heterocycles. The third-order valence-electron chi connectivity index (χ3n) is 4.49. The first kappa shape index (κ1) is 19.9. The second kappa shape index (κ2) is 7.76. The predicted octanol–water partition coefficient (Wildman–Crippen LogP) is 1.41. The van der Waals surface area contributed by atoms with Crippen LogP contribution in [0.15, 0.2) is 62.9 Å². The lowest BCUT2D eigenvalue weighted by molar-refractivity contribution is 0.528. The highest BCUT2D eigenvalue weighted by Gasteiger charge is 2.16. The van der Waals surface area contributed by atoms with Gasteiger partial charge in [0.15, 0.2) is 5.58 Å². The minimum Gasteiger partial charge on any atom is -0.408 e. The second-order valence-corrected chi connectivity index (χ2v) is 8.40. The van der Waals surface area contributed by atoms with Gasteiger partial charge in [0.2, 0.25) is 10.0 Å². The van der Waals surface area contributed by atoms with E-state index in [1.807, 2.05) is 29.1 Å². The predicted molar refractivity (Wildman–Crippen MR) is 111 cm³/mol. The lowest BCUT2D eigenvalue weighted by Crippen LogP contribution is -2.29. The first-order valence-electron chi connectivity index (χ1n) is 9.16. The Morgan fingerprint density at radius 2 is 1.87 bits per heavy atom. The fourth-order valence-corrected chi connectivity index (χ4v) is 4.05. The molecule has 11 heteroatoms. The molecule has 156 valence electrons. The number of fused-ring (bicyclic) bond motifs is 1. The van der Waals surface area contributed by atoms with E-state index in [4.69, 9.17) is 4.42 Å². The number of nitrogens with one attached hydrogen (secondary N) is 2. The number of aromatic nitrogens is 4. The molecule has 2 N–H and O–H groups in total. The molecule has 0 spiro atoms. The highest BCUT2D eigenvalue weighted by molar-refractivity contribution is 7.89. The van der Waals surface area contributed by atoms with Crippen molar-refractivity contribution in [2.24, 2.45) is 7.05 Å². The Kier molecular flexibility index (Phi) is 5.14. The molecule has 30 heavy (non-hydrogen) atoms. The van der Waals surface area contributed by atoms with E-state index in [1.54, 1.807) is 13.0 Å². The molecule has 0 fully saturated rings. The number of anilines is 1. The maximum absolute atomic E-state index is 12.6. The third-order valence-corrected chi connectivity index (χ3v) is 5.95. The van der Waals surface area contributed by atoms with Crippen molar-refractivity contribution in [2.75, 3.05) is 18.4 Å². The molecular formula is C19H20N6O4S. The van der Waals surface area contributed by atoms with Crippen molar-refractivity contribution >= 4 is 26.9 Å². The fraction of sp³-hybridized carbons (Fsp3) is 0.211. The summed E-state index contributed by atoms with van der Waals surface area (Å²) in [7, 11) is -2.23. The summed E-state index contributed by atoms with van der Waals surface area (Å²) in [5.41, 5.74) is 0.746. The molecule has 3 heterocycles. The van der Waals surface area contributed by atoms with Gasteiger partial charge in [0.1, 0.15) is 17.5 Å². The molecule has 0 atom stereocenters. The van der Waals surface area contributed by atoms with Gasteiger partial charge in [-0.2, -0.15) is 0 Å². The van der Waals surface area contributed by atoms with E-state index in [-0.39, 0.29) is 11.4 Å². The van der Waals surface area contributed by atoms with Gasteiger partial charge in [0, 0.05) is 38.6 Å². The summed E-state index contributed by atoms with van der Waals surface area (Å²) >= 11 is 0. The molecular weight excluding hydrogens is 408 g/mol. The van der Waals surface area contributed by atoms with Gasteiger partial charge in [-0.15, -0.1) is 0 Å². The van der Waals surface area contributed by atoms with Crippen molar-refractivity contribution in [3.05, 3.63) is 65.2 Å². The van der Waals surface area contributed by atoms with Gasteiger partial charge in [-0.3, -0.25) is 4.57 Å². The molecule has 4 rings (SSSR count). The summed E-state index contributed by atoms with van der Waals surface area (Å²) in [6.45, 7) is 2.26. The van der Waals surface area contributed by atoms with Crippen LogP contribution in [0, 0.1) is 6.92 Å². The van der Waals surface area contributed by atoms with Crippen LogP contribution in [-0.4, -0.2) is 40.6 Å². The molecule has 0 saturated heterocycles. The number of hydrogen-bond acceptors (Lipinski definition) is 7. The van der Waals surface area contributed by atoms with Crippen molar-refractivity contribution in [1.82, 2.24) is 23.8 Å². The zero-order valence-electron chi connectivity index (χ0n) is 16.4. The smallest absolute Gasteiger partial charge is 0.408 e. The number of oxazole rings is 1. The minimum absolute atomic E-state index is 0.0548. The summed E-state index contributed by atoms with van der Waals surface area (Å²) in [4.78, 5) is 20.3. The van der Waals surface area contributed by atoms with Crippen molar-refractivity contribution in [2.45, 2.75) is 11.8 Å². The van der Waals surface area contributed by atoms with Crippen LogP contribution in [0.25, 0.3) is 16.9 Å². The standard InChI is InChI=1S/C19H20N6O4S/c1-13-22-17(12-18(23-13)25-9-3-4-10-25)20-7-8-21-30(27,28)14-5-6-16-15(11-14)24(2)19(26)29-16/h3-6,9-12,21H,7-8H2,1-2H3,(H,20,22,23). The highest BCUT2D eigenvalue weighted by Crippen LogP contribution is 2.18. The third kappa shape index (κ3) is 3.98. The second-order valence-electron chi connectivity index (χ2n) is 6.63. The summed E-state index contributed by atoms with van der Waals surface area (Å²) in [6.07, 6.45) is 3.76. The van der Waals surface area contributed by atoms with Gasteiger partial charge >= 0.3 is 5.76 Å². The topological polar surface area (TPSA) is 124 Å². The van der Waals surface area contributed by atoms with Crippen LogP contribution in [0.2, 0.25) is 0 Å². The molecule has 4 aromatic rings. The number of benzene rings is 1. The van der Waals surface area contributed by atoms with E-state index in [1.165, 1.54) is 29.8 Å². The van der Waals surface area contributed by atoms with E-state index in [0.717, 1.165) is 5.82 Å². The summed E-state index contributed by atoms with van der Waals surface area (Å²) in [5, 5.41) is 3.10. The first-order chi connectivity index (χ1) is 14.3. The van der Waals surface area contributed by atoms with Crippen molar-refractivity contribution in [3.8, 4) is 5.82 Å². The SMILES string of the molecule is Cc1nc(NCCNS(=O)(=O)c2ccc3oc(=O)n(C)c3c2)cc(-n2cccc2)n1. The molecule has 0 radical (unpaired) electrons. The molecule has 10 nitrogen and oxygen atoms in total. The minimum atomic E-state index is -3.75. The largest absolute Gasteiger partial charge is 0.419 e. The maximum Gasteiger partial charge on any atom is 0.419 e. The van der Waals surface area contributed by atoms with E-state index in [9.17, 15) is 13.2 Å². The van der Waals surface area contributed by atoms with Crippen LogP contribution in [0.1, 0.15) is 5.82 Å². The summed E-state index contributed by atoms with van der Waals surface area (Å²) in [6, 6.07) is 9.87. The summed E-state index contributed by atoms with van der Waals surface area (Å²) in [5.74, 6) is 1.37. The first-order valence-corrected chi connectivity index (χ1v) is 10.6. The van der Waals surface area contributed by atoms with Gasteiger partial charge in [-0.05, 0) is 37.3 Å².